The zero-order valence-corrected chi connectivity index (χ0v) is 13.4. The second kappa shape index (κ2) is 6.68. The minimum absolute atomic E-state index is 0.214. The lowest BCUT2D eigenvalue weighted by atomic mass is 9.70. The van der Waals surface area contributed by atoms with Crippen molar-refractivity contribution in [3.8, 4) is 0 Å². The van der Waals surface area contributed by atoms with E-state index in [-0.39, 0.29) is 5.54 Å². The largest absolute Gasteiger partial charge is 0.309 e. The van der Waals surface area contributed by atoms with E-state index in [9.17, 15) is 0 Å². The lowest BCUT2D eigenvalue weighted by Crippen LogP contribution is -2.55. The number of hydrogen-bond donors (Lipinski definition) is 1. The Morgan fingerprint density at radius 3 is 2.60 bits per heavy atom. The first kappa shape index (κ1) is 15.5. The first-order valence-electron chi connectivity index (χ1n) is 7.91. The highest BCUT2D eigenvalue weighted by Crippen LogP contribution is 2.43. The maximum Gasteiger partial charge on any atom is 0.0522 e. The average molecular weight is 275 g/mol. The van der Waals surface area contributed by atoms with E-state index in [4.69, 9.17) is 0 Å². The molecule has 1 atom stereocenters. The minimum Gasteiger partial charge on any atom is -0.309 e. The van der Waals surface area contributed by atoms with Crippen molar-refractivity contribution in [2.75, 3.05) is 20.6 Å². The van der Waals surface area contributed by atoms with Gasteiger partial charge in [-0.1, -0.05) is 19.9 Å². The molecule has 3 heteroatoms. The van der Waals surface area contributed by atoms with E-state index in [1.807, 2.05) is 12.4 Å². The fourth-order valence-corrected chi connectivity index (χ4v) is 3.63. The van der Waals surface area contributed by atoms with Crippen LogP contribution in [0.4, 0.5) is 0 Å². The van der Waals surface area contributed by atoms with Gasteiger partial charge in [0.05, 0.1) is 6.04 Å². The molecular formula is C17H29N3. The van der Waals surface area contributed by atoms with Gasteiger partial charge in [-0.3, -0.25) is 4.98 Å². The molecule has 20 heavy (non-hydrogen) atoms. The van der Waals surface area contributed by atoms with Crippen LogP contribution in [0.25, 0.3) is 0 Å². The minimum atomic E-state index is 0.214. The molecule has 1 aromatic rings. The molecule has 112 valence electrons. The molecule has 0 spiro atoms. The van der Waals surface area contributed by atoms with Crippen LogP contribution in [0.3, 0.4) is 0 Å². The quantitative estimate of drug-likeness (QED) is 0.894. The molecule has 0 saturated heterocycles. The van der Waals surface area contributed by atoms with E-state index in [0.29, 0.717) is 6.04 Å². The van der Waals surface area contributed by atoms with Crippen LogP contribution in [0.5, 0.6) is 0 Å². The Bertz CT molecular complexity index is 394. The van der Waals surface area contributed by atoms with Crippen molar-refractivity contribution in [1.82, 2.24) is 15.2 Å². The lowest BCUT2D eigenvalue weighted by molar-refractivity contribution is 0.0433. The Kier molecular flexibility index (Phi) is 5.17. The first-order chi connectivity index (χ1) is 9.60. The molecule has 0 radical (unpaired) electrons. The van der Waals surface area contributed by atoms with E-state index in [2.05, 4.69) is 55.3 Å². The monoisotopic (exact) mass is 275 g/mol. The Morgan fingerprint density at radius 2 is 2.10 bits per heavy atom. The molecule has 0 aromatic carbocycles. The number of rotatable bonds is 5. The molecule has 1 aliphatic carbocycles. The molecule has 1 heterocycles. The van der Waals surface area contributed by atoms with Crippen molar-refractivity contribution in [3.63, 3.8) is 0 Å². The van der Waals surface area contributed by atoms with Gasteiger partial charge in [-0.15, -0.1) is 0 Å². The predicted molar refractivity (Wildman–Crippen MR) is 84.7 cm³/mol. The molecule has 2 rings (SSSR count). The molecule has 1 saturated carbocycles. The van der Waals surface area contributed by atoms with E-state index in [1.54, 1.807) is 0 Å². The third-order valence-electron chi connectivity index (χ3n) is 4.99. The van der Waals surface area contributed by atoms with Gasteiger partial charge in [0.25, 0.3) is 0 Å². The van der Waals surface area contributed by atoms with Crippen LogP contribution < -0.4 is 5.32 Å². The summed E-state index contributed by atoms with van der Waals surface area (Å²) in [5.74, 6) is 0.860. The summed E-state index contributed by atoms with van der Waals surface area (Å²) in [6, 6.07) is 4.63. The summed E-state index contributed by atoms with van der Waals surface area (Å²) in [7, 11) is 4.47. The van der Waals surface area contributed by atoms with Crippen molar-refractivity contribution < 1.29 is 0 Å². The van der Waals surface area contributed by atoms with Crippen LogP contribution in [0.2, 0.25) is 0 Å². The molecule has 1 aromatic heterocycles. The maximum atomic E-state index is 4.33. The summed E-state index contributed by atoms with van der Waals surface area (Å²) in [6.45, 7) is 5.56. The zero-order chi connectivity index (χ0) is 14.6. The molecule has 0 bridgehead atoms. The van der Waals surface area contributed by atoms with E-state index in [0.717, 1.165) is 12.5 Å². The number of aromatic nitrogens is 1. The Labute approximate surface area is 123 Å². The van der Waals surface area contributed by atoms with Gasteiger partial charge < -0.3 is 10.2 Å². The fourth-order valence-electron chi connectivity index (χ4n) is 3.63. The molecule has 0 amide bonds. The lowest BCUT2D eigenvalue weighted by Gasteiger charge is -2.50. The first-order valence-corrected chi connectivity index (χ1v) is 7.91. The summed E-state index contributed by atoms with van der Waals surface area (Å²) in [5, 5.41) is 3.72. The van der Waals surface area contributed by atoms with Crippen LogP contribution in [-0.4, -0.2) is 36.1 Å². The summed E-state index contributed by atoms with van der Waals surface area (Å²) >= 11 is 0. The third kappa shape index (κ3) is 3.04. The van der Waals surface area contributed by atoms with Gasteiger partial charge in [-0.2, -0.15) is 0 Å². The second-order valence-electron chi connectivity index (χ2n) is 6.46. The van der Waals surface area contributed by atoms with Crippen LogP contribution >= 0.6 is 0 Å². The SMILES string of the molecule is CCNC(c1cccnc1)C1(N(C)C)CCC(C)CC1. The van der Waals surface area contributed by atoms with Crippen LogP contribution in [0, 0.1) is 5.92 Å². The van der Waals surface area contributed by atoms with Crippen molar-refractivity contribution >= 4 is 0 Å². The highest BCUT2D eigenvalue weighted by Gasteiger charge is 2.43. The van der Waals surface area contributed by atoms with Crippen LogP contribution in [0.15, 0.2) is 24.5 Å². The van der Waals surface area contributed by atoms with Gasteiger partial charge in [-0.25, -0.2) is 0 Å². The van der Waals surface area contributed by atoms with Crippen molar-refractivity contribution in [3.05, 3.63) is 30.1 Å². The fraction of sp³-hybridized carbons (Fsp3) is 0.706. The summed E-state index contributed by atoms with van der Waals surface area (Å²) in [5.41, 5.74) is 1.53. The number of nitrogens with one attached hydrogen (secondary N) is 1. The molecule has 1 aliphatic rings. The van der Waals surface area contributed by atoms with Crippen molar-refractivity contribution in [1.29, 1.82) is 0 Å². The highest BCUT2D eigenvalue weighted by atomic mass is 15.2. The third-order valence-corrected chi connectivity index (χ3v) is 4.99. The molecule has 0 aliphatic heterocycles. The van der Waals surface area contributed by atoms with Gasteiger partial charge in [0, 0.05) is 17.9 Å². The Morgan fingerprint density at radius 1 is 1.40 bits per heavy atom. The summed E-state index contributed by atoms with van der Waals surface area (Å²) < 4.78 is 0. The van der Waals surface area contributed by atoms with Crippen molar-refractivity contribution in [2.45, 2.75) is 51.1 Å². The van der Waals surface area contributed by atoms with Crippen molar-refractivity contribution in [2.24, 2.45) is 5.92 Å². The normalized spacial score (nSPS) is 28.6. The van der Waals surface area contributed by atoms with Crippen LogP contribution in [-0.2, 0) is 0 Å². The number of pyridine rings is 1. The number of likely N-dealkylation sites (N-methyl/N-ethyl adjacent to an activating group) is 2. The van der Waals surface area contributed by atoms with Gasteiger partial charge in [-0.05, 0) is 63.9 Å². The molecule has 1 fully saturated rings. The summed E-state index contributed by atoms with van der Waals surface area (Å²) in [6.07, 6.45) is 9.04. The standard InChI is InChI=1S/C17H29N3/c1-5-19-16(15-7-6-12-18-13-15)17(20(3)4)10-8-14(2)9-11-17/h6-7,12-14,16,19H,5,8-11H2,1-4H3. The van der Waals surface area contributed by atoms with Gasteiger partial charge >= 0.3 is 0 Å². The molecule has 1 N–H and O–H groups in total. The zero-order valence-electron chi connectivity index (χ0n) is 13.4. The summed E-state index contributed by atoms with van der Waals surface area (Å²) in [4.78, 5) is 6.77. The van der Waals surface area contributed by atoms with Gasteiger partial charge in [0.1, 0.15) is 0 Å². The Balaban J connectivity index is 2.33. The van der Waals surface area contributed by atoms with E-state index in [1.165, 1.54) is 31.2 Å². The maximum absolute atomic E-state index is 4.33. The van der Waals surface area contributed by atoms with Gasteiger partial charge in [0.2, 0.25) is 0 Å². The predicted octanol–water partition coefficient (Wildman–Crippen LogP) is 3.24. The molecule has 3 nitrogen and oxygen atoms in total. The van der Waals surface area contributed by atoms with E-state index >= 15 is 0 Å². The highest BCUT2D eigenvalue weighted by molar-refractivity contribution is 5.21. The Hall–Kier alpha value is -0.930. The van der Waals surface area contributed by atoms with Crippen LogP contribution in [0.1, 0.15) is 51.1 Å². The average Bonchev–Trinajstić information content (AvgIpc) is 2.47. The number of nitrogens with zero attached hydrogens (tertiary/aromatic N) is 2. The van der Waals surface area contributed by atoms with Gasteiger partial charge in [0.15, 0.2) is 0 Å². The smallest absolute Gasteiger partial charge is 0.0522 e. The molecular weight excluding hydrogens is 246 g/mol. The topological polar surface area (TPSA) is 28.2 Å². The second-order valence-corrected chi connectivity index (χ2v) is 6.46. The van der Waals surface area contributed by atoms with E-state index < -0.39 is 0 Å². The number of hydrogen-bond acceptors (Lipinski definition) is 3. The molecule has 1 unspecified atom stereocenters.